The number of nitrogens with zero attached hydrogens (tertiary/aromatic N) is 1. The fourth-order valence-electron chi connectivity index (χ4n) is 6.05. The van der Waals surface area contributed by atoms with Crippen molar-refractivity contribution in [3.8, 4) is 0 Å². The molecule has 1 fully saturated rings. The van der Waals surface area contributed by atoms with Crippen LogP contribution in [0.15, 0.2) is 12.1 Å². The summed E-state index contributed by atoms with van der Waals surface area (Å²) in [5.41, 5.74) is 14.8. The zero-order chi connectivity index (χ0) is 22.8. The normalized spacial score (nSPS) is 24.3. The summed E-state index contributed by atoms with van der Waals surface area (Å²) in [6, 6.07) is 5.01. The first-order valence-electron chi connectivity index (χ1n) is 11.6. The number of piperidine rings is 1. The maximum Gasteiger partial charge on any atom is 0.0250 e. The number of likely N-dealkylation sites (tertiary alicyclic amines) is 1. The van der Waals surface area contributed by atoms with E-state index in [0.29, 0.717) is 5.92 Å². The summed E-state index contributed by atoms with van der Waals surface area (Å²) in [4.78, 5) is 2.59. The van der Waals surface area contributed by atoms with Crippen LogP contribution in [0.4, 0.5) is 0 Å². The van der Waals surface area contributed by atoms with Gasteiger partial charge in [-0.3, -0.25) is 0 Å². The van der Waals surface area contributed by atoms with E-state index >= 15 is 0 Å². The lowest BCUT2D eigenvalue weighted by Gasteiger charge is -2.59. The third-order valence-electron chi connectivity index (χ3n) is 9.61. The largest absolute Gasteiger partial charge is 0.300 e. The molecule has 1 heteroatoms. The van der Waals surface area contributed by atoms with Gasteiger partial charge < -0.3 is 4.90 Å². The Labute approximate surface area is 185 Å². The molecule has 1 heterocycles. The topological polar surface area (TPSA) is 3.24 Å². The molecule has 2 aromatic rings. The van der Waals surface area contributed by atoms with Gasteiger partial charge in [0.1, 0.15) is 0 Å². The molecule has 2 aromatic carbocycles. The van der Waals surface area contributed by atoms with Crippen LogP contribution in [-0.2, 0) is 5.41 Å². The monoisotopic (exact) mass is 405 g/mol. The molecule has 0 N–H and O–H groups in total. The van der Waals surface area contributed by atoms with Gasteiger partial charge in [-0.05, 0) is 151 Å². The van der Waals surface area contributed by atoms with E-state index in [2.05, 4.69) is 100 Å². The SMILES string of the molecule is Cc1cc(C2CCN(C)C(C)(C)C2(C)c2cc(C)c(C)c(C)c2C)c(C)c(C)c1C. The Morgan fingerprint density at radius 3 is 1.77 bits per heavy atom. The first-order valence-corrected chi connectivity index (χ1v) is 11.6. The molecule has 1 nitrogen and oxygen atoms in total. The molecule has 0 aliphatic carbocycles. The van der Waals surface area contributed by atoms with E-state index in [1.54, 1.807) is 11.1 Å². The average molecular weight is 406 g/mol. The van der Waals surface area contributed by atoms with Crippen LogP contribution < -0.4 is 0 Å². The van der Waals surface area contributed by atoms with Crippen molar-refractivity contribution in [3.05, 3.63) is 67.8 Å². The van der Waals surface area contributed by atoms with E-state index in [-0.39, 0.29) is 11.0 Å². The van der Waals surface area contributed by atoms with Crippen LogP contribution in [0.3, 0.4) is 0 Å². The minimum atomic E-state index is 0.0200. The van der Waals surface area contributed by atoms with Crippen molar-refractivity contribution in [1.29, 1.82) is 0 Å². The lowest BCUT2D eigenvalue weighted by molar-refractivity contribution is 0.00955. The molecular formula is C29H43N. The third kappa shape index (κ3) is 3.08. The zero-order valence-corrected chi connectivity index (χ0v) is 21.6. The van der Waals surface area contributed by atoms with Gasteiger partial charge >= 0.3 is 0 Å². The maximum atomic E-state index is 2.59. The molecule has 30 heavy (non-hydrogen) atoms. The van der Waals surface area contributed by atoms with Gasteiger partial charge in [0, 0.05) is 11.0 Å². The van der Waals surface area contributed by atoms with Gasteiger partial charge in [0.15, 0.2) is 0 Å². The molecule has 164 valence electrons. The van der Waals surface area contributed by atoms with Crippen LogP contribution in [0.5, 0.6) is 0 Å². The number of hydrogen-bond acceptors (Lipinski definition) is 1. The van der Waals surface area contributed by atoms with Crippen LogP contribution in [0.25, 0.3) is 0 Å². The number of likely N-dealkylation sites (N-methyl/N-ethyl adjacent to an activating group) is 1. The molecule has 0 radical (unpaired) electrons. The van der Waals surface area contributed by atoms with Crippen molar-refractivity contribution in [1.82, 2.24) is 4.90 Å². The van der Waals surface area contributed by atoms with Gasteiger partial charge in [-0.15, -0.1) is 0 Å². The van der Waals surface area contributed by atoms with Crippen molar-refractivity contribution in [2.24, 2.45) is 0 Å². The van der Waals surface area contributed by atoms with Crippen molar-refractivity contribution in [3.63, 3.8) is 0 Å². The minimum Gasteiger partial charge on any atom is -0.300 e. The maximum absolute atomic E-state index is 2.59. The molecule has 1 saturated heterocycles. The van der Waals surface area contributed by atoms with E-state index in [1.807, 2.05) is 0 Å². The predicted molar refractivity (Wildman–Crippen MR) is 132 cm³/mol. The van der Waals surface area contributed by atoms with Crippen molar-refractivity contribution in [2.75, 3.05) is 13.6 Å². The Balaban J connectivity index is 2.38. The number of rotatable bonds is 2. The molecule has 3 rings (SSSR count). The molecule has 2 unspecified atom stereocenters. The highest BCUT2D eigenvalue weighted by molar-refractivity contribution is 5.53. The fourth-order valence-corrected chi connectivity index (χ4v) is 6.05. The summed E-state index contributed by atoms with van der Waals surface area (Å²) in [6.07, 6.45) is 1.20. The Kier molecular flexibility index (Phi) is 5.78. The van der Waals surface area contributed by atoms with Gasteiger partial charge in [-0.2, -0.15) is 0 Å². The Bertz CT molecular complexity index is 994. The zero-order valence-electron chi connectivity index (χ0n) is 21.6. The molecule has 0 aromatic heterocycles. The Morgan fingerprint density at radius 1 is 0.700 bits per heavy atom. The summed E-state index contributed by atoms with van der Waals surface area (Å²) >= 11 is 0. The van der Waals surface area contributed by atoms with Crippen molar-refractivity contribution in [2.45, 2.75) is 99.5 Å². The van der Waals surface area contributed by atoms with Crippen molar-refractivity contribution >= 4 is 0 Å². The van der Waals surface area contributed by atoms with E-state index in [9.17, 15) is 0 Å². The molecule has 2 atom stereocenters. The standard InChI is InChI=1S/C29H43N/c1-17-15-25(23(7)21(5)19(17)3)26-13-14-30(12)28(9,10)29(26,11)27-16-18(2)20(4)22(6)24(27)8/h15-16,26H,13-14H2,1-12H3. The first kappa shape index (κ1) is 23.1. The van der Waals surface area contributed by atoms with E-state index in [0.717, 1.165) is 6.54 Å². The summed E-state index contributed by atoms with van der Waals surface area (Å²) in [5, 5.41) is 0. The highest BCUT2D eigenvalue weighted by Crippen LogP contribution is 2.55. The van der Waals surface area contributed by atoms with Gasteiger partial charge in [0.25, 0.3) is 0 Å². The smallest absolute Gasteiger partial charge is 0.0250 e. The molecular weight excluding hydrogens is 362 g/mol. The number of benzene rings is 2. The van der Waals surface area contributed by atoms with Crippen LogP contribution >= 0.6 is 0 Å². The lowest BCUT2D eigenvalue weighted by atomic mass is 9.54. The van der Waals surface area contributed by atoms with Gasteiger partial charge in [0.2, 0.25) is 0 Å². The van der Waals surface area contributed by atoms with Gasteiger partial charge in [0.05, 0.1) is 0 Å². The second-order valence-corrected chi connectivity index (χ2v) is 10.8. The molecule has 0 amide bonds. The Morgan fingerprint density at radius 2 is 1.20 bits per heavy atom. The summed E-state index contributed by atoms with van der Waals surface area (Å²) in [7, 11) is 2.32. The first-order chi connectivity index (χ1) is 13.8. The van der Waals surface area contributed by atoms with Crippen LogP contribution in [0.2, 0.25) is 0 Å². The van der Waals surface area contributed by atoms with Gasteiger partial charge in [-0.25, -0.2) is 0 Å². The van der Waals surface area contributed by atoms with Gasteiger partial charge in [-0.1, -0.05) is 19.1 Å². The average Bonchev–Trinajstić information content (AvgIpc) is 2.69. The fraction of sp³-hybridized carbons (Fsp3) is 0.586. The molecule has 0 spiro atoms. The number of aryl methyl sites for hydroxylation is 2. The molecule has 0 bridgehead atoms. The van der Waals surface area contributed by atoms with E-state index in [4.69, 9.17) is 0 Å². The van der Waals surface area contributed by atoms with Crippen LogP contribution in [-0.4, -0.2) is 24.0 Å². The molecule has 1 aliphatic rings. The molecule has 1 aliphatic heterocycles. The van der Waals surface area contributed by atoms with E-state index in [1.165, 1.54) is 50.9 Å². The molecule has 0 saturated carbocycles. The Hall–Kier alpha value is -1.60. The highest BCUT2D eigenvalue weighted by atomic mass is 15.2. The summed E-state index contributed by atoms with van der Waals surface area (Å²) in [6.45, 7) is 27.1. The summed E-state index contributed by atoms with van der Waals surface area (Å²) in [5.74, 6) is 0.502. The number of hydrogen-bond donors (Lipinski definition) is 0. The minimum absolute atomic E-state index is 0.0200. The predicted octanol–water partition coefficient (Wildman–Crippen LogP) is 7.31. The van der Waals surface area contributed by atoms with Crippen molar-refractivity contribution < 1.29 is 0 Å². The third-order valence-corrected chi connectivity index (χ3v) is 9.61. The second kappa shape index (κ2) is 7.52. The highest BCUT2D eigenvalue weighted by Gasteiger charge is 2.54. The van der Waals surface area contributed by atoms with Crippen LogP contribution in [0.1, 0.15) is 88.7 Å². The van der Waals surface area contributed by atoms with Crippen LogP contribution in [0, 0.1) is 55.4 Å². The van der Waals surface area contributed by atoms with E-state index < -0.39 is 0 Å². The second-order valence-electron chi connectivity index (χ2n) is 10.8. The lowest BCUT2D eigenvalue weighted by Crippen LogP contribution is -2.62. The quantitative estimate of drug-likeness (QED) is 0.506. The summed E-state index contributed by atoms with van der Waals surface area (Å²) < 4.78 is 0.